The summed E-state index contributed by atoms with van der Waals surface area (Å²) in [6.07, 6.45) is 0.615. The van der Waals surface area contributed by atoms with Gasteiger partial charge in [-0.1, -0.05) is 0 Å². The lowest BCUT2D eigenvalue weighted by molar-refractivity contribution is -0.118. The molecule has 1 aromatic carbocycles. The maximum atomic E-state index is 13.5. The second kappa shape index (κ2) is 7.35. The number of benzene rings is 1. The van der Waals surface area contributed by atoms with Gasteiger partial charge in [0.1, 0.15) is 17.5 Å². The van der Waals surface area contributed by atoms with E-state index in [2.05, 4.69) is 4.98 Å². The van der Waals surface area contributed by atoms with Crippen LogP contribution in [0, 0.1) is 5.82 Å². The predicted octanol–water partition coefficient (Wildman–Crippen LogP) is 1.28. The van der Waals surface area contributed by atoms with Crippen LogP contribution in [0.25, 0.3) is 0 Å². The topological polar surface area (TPSA) is 67.7 Å². The zero-order valence-corrected chi connectivity index (χ0v) is 16.0. The Morgan fingerprint density at radius 2 is 2.04 bits per heavy atom. The van der Waals surface area contributed by atoms with E-state index in [1.807, 2.05) is 11.8 Å². The number of carbonyl (C=O) groups excluding carboxylic acids is 1. The highest BCUT2D eigenvalue weighted by atomic mass is 19.1. The monoisotopic (exact) mass is 386 g/mol. The van der Waals surface area contributed by atoms with Gasteiger partial charge in [-0.3, -0.25) is 14.2 Å². The van der Waals surface area contributed by atoms with Crippen LogP contribution in [0.4, 0.5) is 15.9 Å². The fraction of sp³-hybridized carbons (Fsp3) is 0.450. The van der Waals surface area contributed by atoms with Crippen molar-refractivity contribution in [2.75, 3.05) is 36.1 Å². The fourth-order valence-corrected chi connectivity index (χ4v) is 3.89. The Hall–Kier alpha value is -2.74. The molecule has 148 valence electrons. The van der Waals surface area contributed by atoms with Gasteiger partial charge >= 0.3 is 0 Å². The molecule has 28 heavy (non-hydrogen) atoms. The van der Waals surface area contributed by atoms with Crippen LogP contribution in [-0.4, -0.2) is 47.8 Å². The van der Waals surface area contributed by atoms with E-state index in [1.54, 1.807) is 18.0 Å². The summed E-state index contributed by atoms with van der Waals surface area (Å²) in [6, 6.07) is 5.92. The number of ether oxygens (including phenoxy) is 1. The van der Waals surface area contributed by atoms with Crippen molar-refractivity contribution in [1.29, 1.82) is 0 Å². The highest BCUT2D eigenvalue weighted by Gasteiger charge is 2.31. The van der Waals surface area contributed by atoms with Gasteiger partial charge in [0.2, 0.25) is 5.91 Å². The number of hydrogen-bond acceptors (Lipinski definition) is 5. The Labute approximate surface area is 162 Å². The van der Waals surface area contributed by atoms with E-state index in [-0.39, 0.29) is 29.7 Å². The van der Waals surface area contributed by atoms with Gasteiger partial charge in [0.05, 0.1) is 19.6 Å². The molecule has 7 nitrogen and oxygen atoms in total. The van der Waals surface area contributed by atoms with Crippen molar-refractivity contribution < 1.29 is 13.9 Å². The van der Waals surface area contributed by atoms with Gasteiger partial charge in [0.25, 0.3) is 5.56 Å². The summed E-state index contributed by atoms with van der Waals surface area (Å²) in [4.78, 5) is 33.7. The van der Waals surface area contributed by atoms with E-state index in [9.17, 15) is 14.0 Å². The van der Waals surface area contributed by atoms with E-state index >= 15 is 0 Å². The average Bonchev–Trinajstić information content (AvgIpc) is 3.00. The molecule has 2 aliphatic heterocycles. The zero-order chi connectivity index (χ0) is 19.8. The second-order valence-corrected chi connectivity index (χ2v) is 7.29. The van der Waals surface area contributed by atoms with Crippen molar-refractivity contribution in [3.63, 3.8) is 0 Å². The second-order valence-electron chi connectivity index (χ2n) is 7.29. The summed E-state index contributed by atoms with van der Waals surface area (Å²) in [5.41, 5.74) is 1.36. The van der Waals surface area contributed by atoms with E-state index < -0.39 is 0 Å². The van der Waals surface area contributed by atoms with Crippen molar-refractivity contribution in [2.45, 2.75) is 25.8 Å². The molecule has 0 unspecified atom stereocenters. The normalized spacial score (nSPS) is 19.0. The lowest BCUT2D eigenvalue weighted by Crippen LogP contribution is -2.40. The number of morpholine rings is 1. The Balaban J connectivity index is 1.61. The van der Waals surface area contributed by atoms with Crippen LogP contribution in [0.2, 0.25) is 0 Å². The third kappa shape index (κ3) is 3.40. The molecular formula is C20H23FN4O3. The number of fused-ring (bicyclic) bond motifs is 1. The van der Waals surface area contributed by atoms with Crippen LogP contribution < -0.4 is 15.4 Å². The van der Waals surface area contributed by atoms with Crippen LogP contribution in [0.3, 0.4) is 0 Å². The summed E-state index contributed by atoms with van der Waals surface area (Å²) in [5.74, 6) is 0.537. The van der Waals surface area contributed by atoms with Gasteiger partial charge in [0, 0.05) is 37.9 Å². The Kier molecular flexibility index (Phi) is 4.89. The number of aromatic nitrogens is 2. The Morgan fingerprint density at radius 3 is 2.79 bits per heavy atom. The summed E-state index contributed by atoms with van der Waals surface area (Å²) in [7, 11) is 1.62. The van der Waals surface area contributed by atoms with Crippen molar-refractivity contribution in [2.24, 2.45) is 7.05 Å². The van der Waals surface area contributed by atoms with Crippen LogP contribution in [0.1, 0.15) is 18.3 Å². The first-order valence-corrected chi connectivity index (χ1v) is 9.44. The number of rotatable bonds is 3. The lowest BCUT2D eigenvalue weighted by atomic mass is 10.1. The first-order chi connectivity index (χ1) is 13.4. The Bertz CT molecular complexity index is 968. The number of anilines is 2. The number of hydrogen-bond donors (Lipinski definition) is 0. The molecule has 4 rings (SSSR count). The van der Waals surface area contributed by atoms with E-state index in [0.29, 0.717) is 44.4 Å². The van der Waals surface area contributed by atoms with Gasteiger partial charge in [-0.05, 0) is 37.1 Å². The molecule has 1 saturated heterocycles. The predicted molar refractivity (Wildman–Crippen MR) is 103 cm³/mol. The zero-order valence-electron chi connectivity index (χ0n) is 16.0. The molecule has 0 bridgehead atoms. The number of halogens is 1. The van der Waals surface area contributed by atoms with E-state index in [1.165, 1.54) is 22.8 Å². The molecule has 0 N–H and O–H groups in total. The van der Waals surface area contributed by atoms with Crippen LogP contribution in [0.15, 0.2) is 29.1 Å². The smallest absolute Gasteiger partial charge is 0.255 e. The highest BCUT2D eigenvalue weighted by molar-refractivity contribution is 5.97. The molecule has 0 spiro atoms. The minimum atomic E-state index is -0.303. The highest BCUT2D eigenvalue weighted by Crippen LogP contribution is 2.33. The van der Waals surface area contributed by atoms with Gasteiger partial charge in [-0.2, -0.15) is 0 Å². The third-order valence-electron chi connectivity index (χ3n) is 5.38. The van der Waals surface area contributed by atoms with Crippen molar-refractivity contribution in [1.82, 2.24) is 9.55 Å². The molecule has 2 aromatic rings. The third-order valence-corrected chi connectivity index (χ3v) is 5.38. The van der Waals surface area contributed by atoms with Crippen molar-refractivity contribution >= 4 is 17.4 Å². The fourth-order valence-electron chi connectivity index (χ4n) is 3.89. The molecule has 8 heteroatoms. The average molecular weight is 386 g/mol. The minimum Gasteiger partial charge on any atom is -0.378 e. The molecule has 0 saturated carbocycles. The summed E-state index contributed by atoms with van der Waals surface area (Å²) < 4.78 is 20.3. The van der Waals surface area contributed by atoms with Crippen LogP contribution in [-0.2, 0) is 29.4 Å². The van der Waals surface area contributed by atoms with Gasteiger partial charge in [-0.15, -0.1) is 0 Å². The van der Waals surface area contributed by atoms with E-state index in [4.69, 9.17) is 4.74 Å². The summed E-state index contributed by atoms with van der Waals surface area (Å²) in [6.45, 7) is 4.44. The largest absolute Gasteiger partial charge is 0.378 e. The summed E-state index contributed by atoms with van der Waals surface area (Å²) >= 11 is 0. The molecular weight excluding hydrogens is 363 g/mol. The maximum Gasteiger partial charge on any atom is 0.255 e. The number of amides is 1. The van der Waals surface area contributed by atoms with Crippen molar-refractivity contribution in [3.05, 3.63) is 51.8 Å². The molecule has 0 aliphatic carbocycles. The van der Waals surface area contributed by atoms with Gasteiger partial charge in [0.15, 0.2) is 0 Å². The molecule has 2 aliphatic rings. The van der Waals surface area contributed by atoms with Crippen LogP contribution in [0.5, 0.6) is 0 Å². The number of carbonyl (C=O) groups is 1. The van der Waals surface area contributed by atoms with Crippen molar-refractivity contribution in [3.8, 4) is 0 Å². The lowest BCUT2D eigenvalue weighted by Gasteiger charge is -2.28. The molecule has 3 heterocycles. The first kappa shape index (κ1) is 18.6. The molecule has 1 aromatic heterocycles. The molecule has 1 atom stereocenters. The number of nitrogens with zero attached hydrogens (tertiary/aromatic N) is 4. The first-order valence-electron chi connectivity index (χ1n) is 9.44. The maximum absolute atomic E-state index is 13.5. The molecule has 1 fully saturated rings. The van der Waals surface area contributed by atoms with Crippen LogP contribution >= 0.6 is 0 Å². The molecule has 0 radical (unpaired) electrons. The SMILES string of the molecule is C[C@@H]1Cc2cc(F)ccc2N1C(=O)Cc1nc(N2CCOCC2)cc(=O)n1C. The summed E-state index contributed by atoms with van der Waals surface area (Å²) in [5, 5.41) is 0. The standard InChI is InChI=1S/C20H23FN4O3/c1-13-9-14-10-15(21)3-4-16(14)25(13)20(27)11-17-22-18(12-19(26)23(17)2)24-5-7-28-8-6-24/h3-4,10,12-13H,5-9,11H2,1-2H3/t13-/m1/s1. The van der Waals surface area contributed by atoms with Gasteiger partial charge in [-0.25, -0.2) is 9.37 Å². The van der Waals surface area contributed by atoms with E-state index in [0.717, 1.165) is 11.3 Å². The minimum absolute atomic E-state index is 0.00504. The molecule has 1 amide bonds. The Morgan fingerprint density at radius 1 is 1.29 bits per heavy atom. The van der Waals surface area contributed by atoms with Gasteiger partial charge < -0.3 is 14.5 Å². The quantitative estimate of drug-likeness (QED) is 0.795.